The van der Waals surface area contributed by atoms with Crippen LogP contribution in [0.1, 0.15) is 21.5 Å². The van der Waals surface area contributed by atoms with Crippen LogP contribution in [0.15, 0.2) is 60.0 Å². The van der Waals surface area contributed by atoms with Crippen molar-refractivity contribution in [1.29, 1.82) is 0 Å². The Morgan fingerprint density at radius 2 is 1.83 bits per heavy atom. The first-order chi connectivity index (χ1) is 11.5. The van der Waals surface area contributed by atoms with Gasteiger partial charge in [-0.05, 0) is 35.8 Å². The number of hydrogen-bond acceptors (Lipinski definition) is 3. The fourth-order valence-electron chi connectivity index (χ4n) is 2.13. The molecule has 0 saturated heterocycles. The molecular formula is C18H20N2O3S. The summed E-state index contributed by atoms with van der Waals surface area (Å²) in [6.45, 7) is 0.263. The van der Waals surface area contributed by atoms with Crippen molar-refractivity contribution in [3.8, 4) is 0 Å². The summed E-state index contributed by atoms with van der Waals surface area (Å²) in [7, 11) is -1.92. The van der Waals surface area contributed by atoms with Crippen molar-refractivity contribution < 1.29 is 13.2 Å². The fourth-order valence-corrected chi connectivity index (χ4v) is 2.95. The maximum absolute atomic E-state index is 12.0. The molecule has 0 spiro atoms. The van der Waals surface area contributed by atoms with Gasteiger partial charge in [-0.3, -0.25) is 4.79 Å². The zero-order chi connectivity index (χ0) is 17.4. The third-order valence-corrected chi connectivity index (χ3v) is 4.47. The van der Waals surface area contributed by atoms with E-state index in [9.17, 15) is 13.2 Å². The first-order valence-corrected chi connectivity index (χ1v) is 9.08. The Balaban J connectivity index is 1.91. The lowest BCUT2D eigenvalue weighted by Crippen LogP contribution is -2.24. The van der Waals surface area contributed by atoms with Crippen LogP contribution in [0.25, 0.3) is 6.08 Å². The van der Waals surface area contributed by atoms with E-state index in [-0.39, 0.29) is 12.5 Å². The standard InChI is InChI=1S/C18H20N2O3S/c1-19-18(21)17-9-5-8-16(14-17)10-12-20-24(22,23)13-11-15-6-3-2-4-7-15/h2-9,11,13-14,20H,10,12H2,1H3,(H,19,21)/b13-11+. The molecule has 126 valence electrons. The first kappa shape index (κ1) is 17.9. The average Bonchev–Trinajstić information content (AvgIpc) is 2.60. The predicted molar refractivity (Wildman–Crippen MR) is 95.9 cm³/mol. The maximum Gasteiger partial charge on any atom is 0.251 e. The van der Waals surface area contributed by atoms with Gasteiger partial charge in [0.1, 0.15) is 0 Å². The van der Waals surface area contributed by atoms with Crippen molar-refractivity contribution in [2.45, 2.75) is 6.42 Å². The Hall–Kier alpha value is -2.44. The van der Waals surface area contributed by atoms with Crippen LogP contribution in [-0.4, -0.2) is 27.9 Å². The number of sulfonamides is 1. The molecule has 0 aliphatic rings. The smallest absolute Gasteiger partial charge is 0.251 e. The van der Waals surface area contributed by atoms with Gasteiger partial charge in [-0.25, -0.2) is 13.1 Å². The largest absolute Gasteiger partial charge is 0.355 e. The second-order valence-corrected chi connectivity index (χ2v) is 6.83. The molecule has 2 aromatic carbocycles. The summed E-state index contributed by atoms with van der Waals surface area (Å²) < 4.78 is 26.4. The van der Waals surface area contributed by atoms with Gasteiger partial charge in [-0.1, -0.05) is 42.5 Å². The predicted octanol–water partition coefficient (Wildman–Crippen LogP) is 2.18. The summed E-state index contributed by atoms with van der Waals surface area (Å²) in [6, 6.07) is 16.3. The number of amides is 1. The minimum absolute atomic E-state index is 0.164. The molecule has 0 aromatic heterocycles. The topological polar surface area (TPSA) is 75.3 Å². The van der Waals surface area contributed by atoms with Gasteiger partial charge < -0.3 is 5.32 Å². The average molecular weight is 344 g/mol. The second-order valence-electron chi connectivity index (χ2n) is 5.18. The van der Waals surface area contributed by atoms with Gasteiger partial charge in [0.2, 0.25) is 10.0 Å². The molecular weight excluding hydrogens is 324 g/mol. The maximum atomic E-state index is 12.0. The Morgan fingerprint density at radius 3 is 2.54 bits per heavy atom. The van der Waals surface area contributed by atoms with Crippen molar-refractivity contribution in [3.05, 3.63) is 76.7 Å². The van der Waals surface area contributed by atoms with E-state index >= 15 is 0 Å². The molecule has 0 radical (unpaired) electrons. The summed E-state index contributed by atoms with van der Waals surface area (Å²) >= 11 is 0. The Bertz CT molecular complexity index is 815. The number of benzene rings is 2. The Morgan fingerprint density at radius 1 is 1.08 bits per heavy atom. The number of hydrogen-bond donors (Lipinski definition) is 2. The Labute approximate surface area is 142 Å². The van der Waals surface area contributed by atoms with Crippen LogP contribution in [0, 0.1) is 0 Å². The van der Waals surface area contributed by atoms with Crippen LogP contribution in [0.3, 0.4) is 0 Å². The van der Waals surface area contributed by atoms with E-state index in [2.05, 4.69) is 10.0 Å². The van der Waals surface area contributed by atoms with Crippen LogP contribution in [0.4, 0.5) is 0 Å². The molecule has 2 rings (SSSR count). The molecule has 1 amide bonds. The van der Waals surface area contributed by atoms with E-state index in [4.69, 9.17) is 0 Å². The number of carbonyl (C=O) groups excluding carboxylic acids is 1. The minimum Gasteiger partial charge on any atom is -0.355 e. The summed E-state index contributed by atoms with van der Waals surface area (Å²) in [5.74, 6) is -0.164. The van der Waals surface area contributed by atoms with Gasteiger partial charge >= 0.3 is 0 Å². The molecule has 5 nitrogen and oxygen atoms in total. The molecule has 24 heavy (non-hydrogen) atoms. The zero-order valence-corrected chi connectivity index (χ0v) is 14.2. The van der Waals surface area contributed by atoms with Gasteiger partial charge in [-0.15, -0.1) is 0 Å². The molecule has 0 saturated carbocycles. The van der Waals surface area contributed by atoms with Gasteiger partial charge in [0.05, 0.1) is 0 Å². The van der Waals surface area contributed by atoms with E-state index in [1.807, 2.05) is 36.4 Å². The number of nitrogens with one attached hydrogen (secondary N) is 2. The fraction of sp³-hybridized carbons (Fsp3) is 0.167. The van der Waals surface area contributed by atoms with Crippen molar-refractivity contribution in [2.24, 2.45) is 0 Å². The molecule has 0 heterocycles. The van der Waals surface area contributed by atoms with Crippen LogP contribution in [0.2, 0.25) is 0 Å². The summed E-state index contributed by atoms with van der Waals surface area (Å²) in [6.07, 6.45) is 2.05. The lowest BCUT2D eigenvalue weighted by Gasteiger charge is -2.05. The molecule has 0 fully saturated rings. The van der Waals surface area contributed by atoms with Crippen molar-refractivity contribution in [1.82, 2.24) is 10.0 Å². The highest BCUT2D eigenvalue weighted by molar-refractivity contribution is 7.92. The molecule has 0 bridgehead atoms. The van der Waals surface area contributed by atoms with Crippen LogP contribution in [-0.2, 0) is 16.4 Å². The third kappa shape index (κ3) is 5.64. The summed E-state index contributed by atoms with van der Waals surface area (Å²) in [5.41, 5.74) is 2.27. The molecule has 6 heteroatoms. The summed E-state index contributed by atoms with van der Waals surface area (Å²) in [4.78, 5) is 11.6. The quantitative estimate of drug-likeness (QED) is 0.808. The zero-order valence-electron chi connectivity index (χ0n) is 13.4. The lowest BCUT2D eigenvalue weighted by atomic mass is 10.1. The van der Waals surface area contributed by atoms with E-state index < -0.39 is 10.0 Å². The van der Waals surface area contributed by atoms with E-state index in [0.717, 1.165) is 16.5 Å². The van der Waals surface area contributed by atoms with E-state index in [1.165, 1.54) is 0 Å². The molecule has 2 aromatic rings. The van der Waals surface area contributed by atoms with Crippen LogP contribution in [0.5, 0.6) is 0 Å². The van der Waals surface area contributed by atoms with Gasteiger partial charge in [0.15, 0.2) is 0 Å². The highest BCUT2D eigenvalue weighted by Crippen LogP contribution is 2.06. The normalized spacial score (nSPS) is 11.5. The Kier molecular flexibility index (Phi) is 6.28. The van der Waals surface area contributed by atoms with Gasteiger partial charge in [-0.2, -0.15) is 0 Å². The lowest BCUT2D eigenvalue weighted by molar-refractivity contribution is 0.0963. The minimum atomic E-state index is -3.49. The van der Waals surface area contributed by atoms with Crippen molar-refractivity contribution in [2.75, 3.05) is 13.6 Å². The second kappa shape index (κ2) is 8.42. The highest BCUT2D eigenvalue weighted by atomic mass is 32.2. The molecule has 0 unspecified atom stereocenters. The monoisotopic (exact) mass is 344 g/mol. The van der Waals surface area contributed by atoms with Gasteiger partial charge in [0.25, 0.3) is 5.91 Å². The third-order valence-electron chi connectivity index (χ3n) is 3.37. The molecule has 2 N–H and O–H groups in total. The first-order valence-electron chi connectivity index (χ1n) is 7.54. The molecule has 0 atom stereocenters. The van der Waals surface area contributed by atoms with E-state index in [0.29, 0.717) is 12.0 Å². The van der Waals surface area contributed by atoms with Crippen molar-refractivity contribution in [3.63, 3.8) is 0 Å². The number of carbonyl (C=O) groups is 1. The SMILES string of the molecule is CNC(=O)c1cccc(CCNS(=O)(=O)/C=C/c2ccccc2)c1. The highest BCUT2D eigenvalue weighted by Gasteiger charge is 2.06. The molecule has 0 aliphatic carbocycles. The van der Waals surface area contributed by atoms with Crippen molar-refractivity contribution >= 4 is 22.0 Å². The number of rotatable bonds is 7. The molecule has 0 aliphatic heterocycles. The van der Waals surface area contributed by atoms with E-state index in [1.54, 1.807) is 31.3 Å². The van der Waals surface area contributed by atoms with Crippen LogP contribution >= 0.6 is 0 Å². The van der Waals surface area contributed by atoms with Crippen LogP contribution < -0.4 is 10.0 Å². The van der Waals surface area contributed by atoms with Gasteiger partial charge in [0, 0.05) is 24.6 Å². The summed E-state index contributed by atoms with van der Waals surface area (Å²) in [5, 5.41) is 3.72.